The topological polar surface area (TPSA) is 26.3 Å². The molecule has 1 aliphatic heterocycles. The summed E-state index contributed by atoms with van der Waals surface area (Å²) >= 11 is 2.28. The first-order valence-corrected chi connectivity index (χ1v) is 11.7. The van der Waals surface area contributed by atoms with E-state index in [1.165, 1.54) is 8.47 Å². The maximum Gasteiger partial charge on any atom is 0.195 e. The van der Waals surface area contributed by atoms with Crippen molar-refractivity contribution in [3.63, 3.8) is 0 Å². The van der Waals surface area contributed by atoms with Gasteiger partial charge < -0.3 is 4.74 Å². The summed E-state index contributed by atoms with van der Waals surface area (Å²) in [6.45, 7) is 0. The van der Waals surface area contributed by atoms with Gasteiger partial charge in [-0.25, -0.2) is 0 Å². The molecule has 0 aliphatic carbocycles. The van der Waals surface area contributed by atoms with Crippen LogP contribution in [0.1, 0.15) is 15.9 Å². The van der Waals surface area contributed by atoms with Crippen molar-refractivity contribution in [2.45, 2.75) is 14.7 Å². The van der Waals surface area contributed by atoms with Crippen molar-refractivity contribution < 1.29 is 9.53 Å². The second kappa shape index (κ2) is 7.69. The van der Waals surface area contributed by atoms with E-state index in [1.54, 1.807) is 0 Å². The molecule has 1 aliphatic rings. The molecule has 4 heteroatoms. The molecule has 29 heavy (non-hydrogen) atoms. The summed E-state index contributed by atoms with van der Waals surface area (Å²) in [7, 11) is -0.779. The van der Waals surface area contributed by atoms with E-state index >= 15 is 0 Å². The predicted molar refractivity (Wildman–Crippen MR) is 126 cm³/mol. The molecule has 1 heterocycles. The van der Waals surface area contributed by atoms with Gasteiger partial charge in [0, 0.05) is 24.5 Å². The number of ether oxygens (including phenoxy) is 1. The van der Waals surface area contributed by atoms with Crippen LogP contribution < -0.4 is 4.74 Å². The van der Waals surface area contributed by atoms with E-state index in [0.29, 0.717) is 0 Å². The van der Waals surface area contributed by atoms with Crippen molar-refractivity contribution in [3.05, 3.63) is 112 Å². The average molecular weight is 508 g/mol. The Hall–Kier alpha value is -2.57. The van der Waals surface area contributed by atoms with Crippen LogP contribution >= 0.6 is 33.5 Å². The summed E-state index contributed by atoms with van der Waals surface area (Å²) in [6, 6.07) is 32.2. The van der Waals surface area contributed by atoms with Crippen LogP contribution in [0.25, 0.3) is 0 Å². The third-order valence-corrected chi connectivity index (χ3v) is 8.20. The Morgan fingerprint density at radius 2 is 1.10 bits per heavy atom. The Bertz CT molecular complexity index is 1150. The standard InChI is InChI=1S/C25H17IO2S/c26-17-9-11-18(12-10-17)28-19-13-15-20(16-14-19)29-23-7-3-1-5-21(23)25(27)22-6-2-4-8-24(22)29/h1-16,29H. The zero-order valence-electron chi connectivity index (χ0n) is 15.4. The normalized spacial score (nSPS) is 13.6. The number of carbonyl (C=O) groups is 1. The molecule has 4 aromatic carbocycles. The smallest absolute Gasteiger partial charge is 0.195 e. The van der Waals surface area contributed by atoms with Gasteiger partial charge >= 0.3 is 0 Å². The van der Waals surface area contributed by atoms with E-state index in [9.17, 15) is 4.79 Å². The number of fused-ring (bicyclic) bond motifs is 2. The van der Waals surface area contributed by atoms with Crippen LogP contribution in [0, 0.1) is 3.57 Å². The maximum absolute atomic E-state index is 13.0. The summed E-state index contributed by atoms with van der Waals surface area (Å²) in [5.41, 5.74) is 1.63. The van der Waals surface area contributed by atoms with Crippen molar-refractivity contribution in [1.29, 1.82) is 0 Å². The van der Waals surface area contributed by atoms with Crippen molar-refractivity contribution in [2.75, 3.05) is 0 Å². The molecular weight excluding hydrogens is 491 g/mol. The van der Waals surface area contributed by atoms with Gasteiger partial charge in [-0.1, -0.05) is 24.3 Å². The molecule has 142 valence electrons. The lowest BCUT2D eigenvalue weighted by molar-refractivity contribution is 0.103. The zero-order chi connectivity index (χ0) is 19.8. The van der Waals surface area contributed by atoms with Gasteiger partial charge in [-0.3, -0.25) is 4.79 Å². The zero-order valence-corrected chi connectivity index (χ0v) is 18.4. The SMILES string of the molecule is O=C1c2ccccc2[SH](c2ccc(Oc3ccc(I)cc3)cc2)c2ccccc21. The molecule has 0 radical (unpaired) electrons. The second-order valence-electron chi connectivity index (χ2n) is 6.75. The molecule has 0 amide bonds. The average Bonchev–Trinajstić information content (AvgIpc) is 2.77. The Balaban J connectivity index is 1.53. The van der Waals surface area contributed by atoms with Gasteiger partial charge in [-0.05, 0) is 100 Å². The molecule has 0 aromatic heterocycles. The fourth-order valence-electron chi connectivity index (χ4n) is 3.58. The van der Waals surface area contributed by atoms with Crippen LogP contribution in [0.5, 0.6) is 11.5 Å². The first-order chi connectivity index (χ1) is 14.2. The third kappa shape index (κ3) is 3.47. The summed E-state index contributed by atoms with van der Waals surface area (Å²) in [6.07, 6.45) is 0. The van der Waals surface area contributed by atoms with E-state index in [0.717, 1.165) is 32.4 Å². The Morgan fingerprint density at radius 3 is 1.66 bits per heavy atom. The molecule has 0 N–H and O–H groups in total. The van der Waals surface area contributed by atoms with Gasteiger partial charge in [-0.2, -0.15) is 10.9 Å². The minimum atomic E-state index is -0.779. The number of hydrogen-bond acceptors (Lipinski definition) is 2. The molecular formula is C25H17IO2S. The lowest BCUT2D eigenvalue weighted by Crippen LogP contribution is -2.12. The van der Waals surface area contributed by atoms with Crippen LogP contribution in [-0.2, 0) is 0 Å². The number of rotatable bonds is 3. The van der Waals surface area contributed by atoms with Crippen molar-refractivity contribution in [1.82, 2.24) is 0 Å². The highest BCUT2D eigenvalue weighted by Crippen LogP contribution is 2.56. The Kier molecular flexibility index (Phi) is 4.89. The first kappa shape index (κ1) is 18.5. The van der Waals surface area contributed by atoms with Crippen molar-refractivity contribution in [3.8, 4) is 11.5 Å². The van der Waals surface area contributed by atoms with E-state index in [4.69, 9.17) is 4.74 Å². The third-order valence-electron chi connectivity index (χ3n) is 4.92. The number of carbonyl (C=O) groups excluding carboxylic acids is 1. The molecule has 0 saturated carbocycles. The van der Waals surface area contributed by atoms with Gasteiger partial charge in [0.2, 0.25) is 0 Å². The fraction of sp³-hybridized carbons (Fsp3) is 0. The second-order valence-corrected chi connectivity index (χ2v) is 10.1. The van der Waals surface area contributed by atoms with Crippen molar-refractivity contribution in [2.24, 2.45) is 0 Å². The molecule has 0 saturated heterocycles. The number of benzene rings is 4. The Labute approximate surface area is 186 Å². The van der Waals surface area contributed by atoms with Crippen LogP contribution in [0.15, 0.2) is 112 Å². The van der Waals surface area contributed by atoms with Gasteiger partial charge in [-0.15, -0.1) is 0 Å². The molecule has 4 aromatic rings. The molecule has 0 unspecified atom stereocenters. The first-order valence-electron chi connectivity index (χ1n) is 9.27. The molecule has 5 rings (SSSR count). The highest BCUT2D eigenvalue weighted by atomic mass is 127. The summed E-state index contributed by atoms with van der Waals surface area (Å²) in [5, 5.41) is 0. The van der Waals surface area contributed by atoms with Crippen LogP contribution in [-0.4, -0.2) is 5.78 Å². The van der Waals surface area contributed by atoms with Gasteiger partial charge in [0.1, 0.15) is 11.5 Å². The molecule has 0 bridgehead atoms. The van der Waals surface area contributed by atoms with Gasteiger partial charge in [0.05, 0.1) is 0 Å². The lowest BCUT2D eigenvalue weighted by atomic mass is 10.0. The minimum Gasteiger partial charge on any atom is -0.457 e. The van der Waals surface area contributed by atoms with Crippen LogP contribution in [0.3, 0.4) is 0 Å². The maximum atomic E-state index is 13.0. The summed E-state index contributed by atoms with van der Waals surface area (Å²) < 4.78 is 7.16. The van der Waals surface area contributed by atoms with E-state index in [2.05, 4.69) is 46.9 Å². The van der Waals surface area contributed by atoms with E-state index in [1.807, 2.05) is 72.8 Å². The number of hydrogen-bond donors (Lipinski definition) is 1. The quantitative estimate of drug-likeness (QED) is 0.208. The largest absolute Gasteiger partial charge is 0.457 e. The molecule has 0 fully saturated rings. The summed E-state index contributed by atoms with van der Waals surface area (Å²) in [5.74, 6) is 1.75. The fourth-order valence-corrected chi connectivity index (χ4v) is 6.50. The molecule has 2 nitrogen and oxygen atoms in total. The number of halogens is 1. The Morgan fingerprint density at radius 1 is 0.621 bits per heavy atom. The number of ketones is 1. The van der Waals surface area contributed by atoms with Gasteiger partial charge in [0.25, 0.3) is 0 Å². The van der Waals surface area contributed by atoms with Crippen LogP contribution in [0.4, 0.5) is 0 Å². The van der Waals surface area contributed by atoms with Crippen molar-refractivity contribution >= 4 is 39.3 Å². The minimum absolute atomic E-state index is 0.119. The number of thiol groups is 1. The highest BCUT2D eigenvalue weighted by molar-refractivity contribution is 14.1. The van der Waals surface area contributed by atoms with Gasteiger partial charge in [0.15, 0.2) is 5.78 Å². The highest BCUT2D eigenvalue weighted by Gasteiger charge is 2.29. The lowest BCUT2D eigenvalue weighted by Gasteiger charge is -2.31. The monoisotopic (exact) mass is 508 g/mol. The van der Waals surface area contributed by atoms with E-state index in [-0.39, 0.29) is 5.78 Å². The molecule has 0 spiro atoms. The summed E-state index contributed by atoms with van der Waals surface area (Å²) in [4.78, 5) is 16.4. The predicted octanol–water partition coefficient (Wildman–Crippen LogP) is 7.11. The van der Waals surface area contributed by atoms with E-state index < -0.39 is 10.9 Å². The molecule has 0 atom stereocenters. The van der Waals surface area contributed by atoms with Crippen LogP contribution in [0.2, 0.25) is 0 Å².